The molecule has 24 heavy (non-hydrogen) atoms. The van der Waals surface area contributed by atoms with Crippen LogP contribution in [0, 0.1) is 6.92 Å². The topological polar surface area (TPSA) is 74.0 Å². The molecule has 1 aromatic heterocycles. The fourth-order valence-corrected chi connectivity index (χ4v) is 3.65. The van der Waals surface area contributed by atoms with Crippen LogP contribution in [0.5, 0.6) is 0 Å². The minimum Gasteiger partial charge on any atom is -0.419 e. The first-order valence-electron chi connectivity index (χ1n) is 7.70. The van der Waals surface area contributed by atoms with Crippen LogP contribution in [0.25, 0.3) is 11.5 Å². The predicted molar refractivity (Wildman–Crippen MR) is 91.0 cm³/mol. The van der Waals surface area contributed by atoms with Crippen LogP contribution in [0.2, 0.25) is 0 Å². The van der Waals surface area contributed by atoms with Gasteiger partial charge in [0.2, 0.25) is 17.2 Å². The molecule has 0 spiro atoms. The van der Waals surface area contributed by atoms with Gasteiger partial charge in [0.05, 0.1) is 13.2 Å². The fourth-order valence-electron chi connectivity index (χ4n) is 2.52. The Bertz CT molecular complexity index is 729. The van der Waals surface area contributed by atoms with Crippen molar-refractivity contribution in [3.63, 3.8) is 0 Å². The zero-order valence-corrected chi connectivity index (χ0v) is 14.9. The average molecular weight is 352 g/mol. The normalized spacial score (nSPS) is 15.7. The molecule has 8 heteroatoms. The maximum Gasteiger partial charge on any atom is 0.384 e. The van der Waals surface area contributed by atoms with E-state index in [0.717, 1.165) is 11.1 Å². The number of oxazole rings is 1. The van der Waals surface area contributed by atoms with E-state index in [-0.39, 0.29) is 5.44 Å². The summed E-state index contributed by atoms with van der Waals surface area (Å²) in [6, 6.07) is 7.77. The highest BCUT2D eigenvalue weighted by Crippen LogP contribution is 2.48. The molecule has 0 aliphatic carbocycles. The molecule has 2 aromatic rings. The quantitative estimate of drug-likeness (QED) is 0.766. The second kappa shape index (κ2) is 7.07. The van der Waals surface area contributed by atoms with Crippen molar-refractivity contribution in [2.45, 2.75) is 6.92 Å². The second-order valence-electron chi connectivity index (χ2n) is 5.48. The van der Waals surface area contributed by atoms with E-state index in [0.29, 0.717) is 38.1 Å². The minimum atomic E-state index is -3.53. The molecular formula is C16H21N2O5P. The number of aromatic nitrogens is 1. The summed E-state index contributed by atoms with van der Waals surface area (Å²) < 4.78 is 34.5. The van der Waals surface area contributed by atoms with Crippen molar-refractivity contribution in [1.29, 1.82) is 0 Å². The van der Waals surface area contributed by atoms with Gasteiger partial charge in [0.1, 0.15) is 0 Å². The van der Waals surface area contributed by atoms with E-state index in [1.807, 2.05) is 36.1 Å². The summed E-state index contributed by atoms with van der Waals surface area (Å²) in [7, 11) is -0.852. The monoisotopic (exact) mass is 352 g/mol. The van der Waals surface area contributed by atoms with Crippen molar-refractivity contribution in [3.8, 4) is 11.5 Å². The first-order valence-corrected chi connectivity index (χ1v) is 9.24. The van der Waals surface area contributed by atoms with Crippen LogP contribution in [0.1, 0.15) is 5.56 Å². The van der Waals surface area contributed by atoms with Crippen molar-refractivity contribution in [3.05, 3.63) is 29.8 Å². The molecule has 130 valence electrons. The highest BCUT2D eigenvalue weighted by atomic mass is 31.2. The van der Waals surface area contributed by atoms with Gasteiger partial charge in [0.15, 0.2) is 0 Å². The number of anilines is 1. The van der Waals surface area contributed by atoms with Crippen LogP contribution in [0.3, 0.4) is 0 Å². The smallest absolute Gasteiger partial charge is 0.384 e. The number of hydrogen-bond acceptors (Lipinski definition) is 7. The third kappa shape index (κ3) is 3.26. The Morgan fingerprint density at radius 2 is 1.75 bits per heavy atom. The van der Waals surface area contributed by atoms with Crippen molar-refractivity contribution >= 4 is 18.9 Å². The molecule has 0 unspecified atom stereocenters. The van der Waals surface area contributed by atoms with Gasteiger partial charge in [-0.25, -0.2) is 0 Å². The maximum atomic E-state index is 12.9. The van der Waals surface area contributed by atoms with E-state index in [9.17, 15) is 4.57 Å². The first kappa shape index (κ1) is 17.2. The lowest BCUT2D eigenvalue weighted by molar-refractivity contribution is 0.121. The van der Waals surface area contributed by atoms with Crippen molar-refractivity contribution < 1.29 is 22.8 Å². The second-order valence-corrected chi connectivity index (χ2v) is 7.62. The highest BCUT2D eigenvalue weighted by Gasteiger charge is 2.36. The lowest BCUT2D eigenvalue weighted by Crippen LogP contribution is -2.38. The van der Waals surface area contributed by atoms with Crippen LogP contribution in [-0.4, -0.2) is 45.5 Å². The average Bonchev–Trinajstić information content (AvgIpc) is 3.08. The van der Waals surface area contributed by atoms with Gasteiger partial charge in [0, 0.05) is 32.9 Å². The van der Waals surface area contributed by atoms with Crippen molar-refractivity contribution in [2.24, 2.45) is 0 Å². The lowest BCUT2D eigenvalue weighted by Gasteiger charge is -2.27. The molecule has 1 aliphatic heterocycles. The summed E-state index contributed by atoms with van der Waals surface area (Å²) in [6.07, 6.45) is 0. The van der Waals surface area contributed by atoms with E-state index in [1.165, 1.54) is 14.2 Å². The Morgan fingerprint density at radius 3 is 2.33 bits per heavy atom. The Hall–Kier alpha value is -1.66. The molecule has 7 nitrogen and oxygen atoms in total. The standard InChI is InChI=1S/C16H21N2O5P/c1-12-4-6-13(7-5-12)14-17-15(24(19,20-2)21-3)16(23-14)18-8-10-22-11-9-18/h4-7H,8-11H2,1-3H3. The van der Waals surface area contributed by atoms with Crippen LogP contribution in [0.4, 0.5) is 5.88 Å². The summed E-state index contributed by atoms with van der Waals surface area (Å²) in [6.45, 7) is 4.41. The molecular weight excluding hydrogens is 331 g/mol. The lowest BCUT2D eigenvalue weighted by atomic mass is 10.1. The number of aryl methyl sites for hydroxylation is 1. The van der Waals surface area contributed by atoms with Gasteiger partial charge in [-0.15, -0.1) is 0 Å². The van der Waals surface area contributed by atoms with Gasteiger partial charge < -0.3 is 23.1 Å². The molecule has 0 N–H and O–H groups in total. The van der Waals surface area contributed by atoms with E-state index >= 15 is 0 Å². The van der Waals surface area contributed by atoms with E-state index in [1.54, 1.807) is 0 Å². The summed E-state index contributed by atoms with van der Waals surface area (Å²) in [5.74, 6) is 0.807. The van der Waals surface area contributed by atoms with Crippen LogP contribution in [-0.2, 0) is 18.3 Å². The SMILES string of the molecule is COP(=O)(OC)c1nc(-c2ccc(C)cc2)oc1N1CCOCC1. The number of morpholine rings is 1. The Kier molecular flexibility index (Phi) is 5.06. The molecule has 2 heterocycles. The highest BCUT2D eigenvalue weighted by molar-refractivity contribution is 7.62. The molecule has 0 radical (unpaired) electrons. The van der Waals surface area contributed by atoms with Gasteiger partial charge >= 0.3 is 7.60 Å². The van der Waals surface area contributed by atoms with Gasteiger partial charge in [-0.1, -0.05) is 17.7 Å². The third-order valence-electron chi connectivity index (χ3n) is 3.93. The summed E-state index contributed by atoms with van der Waals surface area (Å²) >= 11 is 0. The minimum absolute atomic E-state index is 0.199. The van der Waals surface area contributed by atoms with Crippen LogP contribution >= 0.6 is 7.60 Å². The Labute approximate surface area is 141 Å². The molecule has 0 atom stereocenters. The van der Waals surface area contributed by atoms with Crippen molar-refractivity contribution in [1.82, 2.24) is 4.98 Å². The zero-order valence-electron chi connectivity index (χ0n) is 14.0. The molecule has 3 rings (SSSR count). The summed E-state index contributed by atoms with van der Waals surface area (Å²) in [5.41, 5.74) is 2.14. The first-order chi connectivity index (χ1) is 11.6. The Morgan fingerprint density at radius 1 is 1.12 bits per heavy atom. The van der Waals surface area contributed by atoms with Crippen LogP contribution < -0.4 is 10.3 Å². The molecule has 1 saturated heterocycles. The molecule has 1 aliphatic rings. The van der Waals surface area contributed by atoms with Gasteiger partial charge in [0.25, 0.3) is 0 Å². The third-order valence-corrected chi connectivity index (χ3v) is 5.70. The summed E-state index contributed by atoms with van der Waals surface area (Å²) in [4.78, 5) is 6.39. The maximum absolute atomic E-state index is 12.9. The number of rotatable bonds is 5. The van der Waals surface area contributed by atoms with Gasteiger partial charge in [-0.2, -0.15) is 4.98 Å². The van der Waals surface area contributed by atoms with Gasteiger partial charge in [-0.3, -0.25) is 4.57 Å². The molecule has 0 amide bonds. The molecule has 0 saturated carbocycles. The van der Waals surface area contributed by atoms with E-state index in [4.69, 9.17) is 18.2 Å². The predicted octanol–water partition coefficient (Wildman–Crippen LogP) is 2.60. The van der Waals surface area contributed by atoms with Gasteiger partial charge in [-0.05, 0) is 19.1 Å². The van der Waals surface area contributed by atoms with E-state index in [2.05, 4.69) is 4.98 Å². The largest absolute Gasteiger partial charge is 0.419 e. The van der Waals surface area contributed by atoms with Crippen molar-refractivity contribution in [2.75, 3.05) is 45.4 Å². The number of hydrogen-bond donors (Lipinski definition) is 0. The number of nitrogens with zero attached hydrogens (tertiary/aromatic N) is 2. The zero-order chi connectivity index (χ0) is 17.2. The Balaban J connectivity index is 2.07. The molecule has 0 bridgehead atoms. The van der Waals surface area contributed by atoms with Crippen LogP contribution in [0.15, 0.2) is 28.7 Å². The number of ether oxygens (including phenoxy) is 1. The molecule has 1 fully saturated rings. The fraction of sp³-hybridized carbons (Fsp3) is 0.438. The molecule has 1 aromatic carbocycles. The number of benzene rings is 1. The van der Waals surface area contributed by atoms with E-state index < -0.39 is 7.60 Å². The summed E-state index contributed by atoms with van der Waals surface area (Å²) in [5, 5.41) is 0.